The highest BCUT2D eigenvalue weighted by molar-refractivity contribution is 14.1. The van der Waals surface area contributed by atoms with Crippen LogP contribution in [0.3, 0.4) is 0 Å². The van der Waals surface area contributed by atoms with E-state index in [1.54, 1.807) is 7.11 Å². The van der Waals surface area contributed by atoms with Crippen LogP contribution < -0.4 is 4.74 Å². The van der Waals surface area contributed by atoms with Gasteiger partial charge in [-0.05, 0) is 46.4 Å². The predicted octanol–water partition coefficient (Wildman–Crippen LogP) is 4.09. The standard InChI is InChI=1S/C18H16INO3/c1-22-13-8-9-15-14(10-13)16(19)17(18(21)23-2)20(15)11-12-6-4-3-5-7-12/h3-10H,11H2,1-2H3. The number of aromatic nitrogens is 1. The molecule has 0 unspecified atom stereocenters. The lowest BCUT2D eigenvalue weighted by Crippen LogP contribution is -2.12. The highest BCUT2D eigenvalue weighted by Gasteiger charge is 2.22. The zero-order valence-electron chi connectivity index (χ0n) is 12.9. The summed E-state index contributed by atoms with van der Waals surface area (Å²) in [6.07, 6.45) is 0. The highest BCUT2D eigenvalue weighted by atomic mass is 127. The van der Waals surface area contributed by atoms with Gasteiger partial charge in [-0.15, -0.1) is 0 Å². The van der Waals surface area contributed by atoms with E-state index >= 15 is 0 Å². The Hall–Kier alpha value is -2.02. The van der Waals surface area contributed by atoms with Crippen molar-refractivity contribution in [1.29, 1.82) is 0 Å². The van der Waals surface area contributed by atoms with Crippen LogP contribution in [0.2, 0.25) is 0 Å². The van der Waals surface area contributed by atoms with E-state index in [9.17, 15) is 4.79 Å². The Bertz CT molecular complexity index is 856. The summed E-state index contributed by atoms with van der Waals surface area (Å²) in [7, 11) is 3.04. The number of halogens is 1. The zero-order valence-corrected chi connectivity index (χ0v) is 15.0. The number of fused-ring (bicyclic) bond motifs is 1. The molecule has 2 aromatic carbocycles. The molecule has 0 saturated heterocycles. The lowest BCUT2D eigenvalue weighted by molar-refractivity contribution is 0.0588. The molecule has 0 fully saturated rings. The van der Waals surface area contributed by atoms with Gasteiger partial charge in [-0.2, -0.15) is 0 Å². The van der Waals surface area contributed by atoms with E-state index in [1.165, 1.54) is 7.11 Å². The number of nitrogens with zero attached hydrogens (tertiary/aromatic N) is 1. The van der Waals surface area contributed by atoms with Crippen molar-refractivity contribution < 1.29 is 14.3 Å². The van der Waals surface area contributed by atoms with Crippen molar-refractivity contribution in [3.63, 3.8) is 0 Å². The molecule has 0 atom stereocenters. The first-order chi connectivity index (χ1) is 11.2. The minimum atomic E-state index is -0.333. The van der Waals surface area contributed by atoms with E-state index in [2.05, 4.69) is 22.6 Å². The molecule has 0 spiro atoms. The number of carbonyl (C=O) groups excluding carboxylic acids is 1. The second-order valence-electron chi connectivity index (χ2n) is 5.11. The van der Waals surface area contributed by atoms with Gasteiger partial charge in [0, 0.05) is 11.9 Å². The minimum absolute atomic E-state index is 0.333. The smallest absolute Gasteiger partial charge is 0.355 e. The van der Waals surface area contributed by atoms with Gasteiger partial charge in [0.15, 0.2) is 0 Å². The Morgan fingerprint density at radius 1 is 1.13 bits per heavy atom. The molecular weight excluding hydrogens is 405 g/mol. The molecule has 0 aliphatic heterocycles. The van der Waals surface area contributed by atoms with Gasteiger partial charge in [0.25, 0.3) is 0 Å². The van der Waals surface area contributed by atoms with Crippen molar-refractivity contribution in [2.75, 3.05) is 14.2 Å². The van der Waals surface area contributed by atoms with Crippen molar-refractivity contribution in [1.82, 2.24) is 4.57 Å². The molecule has 1 heterocycles. The first kappa shape index (κ1) is 15.9. The molecule has 3 aromatic rings. The molecular formula is C18H16INO3. The van der Waals surface area contributed by atoms with E-state index in [0.717, 1.165) is 25.8 Å². The monoisotopic (exact) mass is 421 g/mol. The van der Waals surface area contributed by atoms with Crippen LogP contribution in [-0.2, 0) is 11.3 Å². The number of esters is 1. The summed E-state index contributed by atoms with van der Waals surface area (Å²) in [6, 6.07) is 15.9. The van der Waals surface area contributed by atoms with Crippen LogP contribution in [0.5, 0.6) is 5.75 Å². The Kier molecular flexibility index (Phi) is 4.56. The molecule has 0 radical (unpaired) electrons. The SMILES string of the molecule is COC(=O)c1c(I)c2cc(OC)ccc2n1Cc1ccccc1. The van der Waals surface area contributed by atoms with Crippen molar-refractivity contribution in [3.8, 4) is 5.75 Å². The van der Waals surface area contributed by atoms with Crippen molar-refractivity contribution in [3.05, 3.63) is 63.4 Å². The van der Waals surface area contributed by atoms with Gasteiger partial charge >= 0.3 is 5.97 Å². The molecule has 5 heteroatoms. The fourth-order valence-corrected chi connectivity index (χ4v) is 3.59. The lowest BCUT2D eigenvalue weighted by atomic mass is 10.2. The van der Waals surface area contributed by atoms with Crippen LogP contribution in [0.4, 0.5) is 0 Å². The van der Waals surface area contributed by atoms with Gasteiger partial charge in [-0.1, -0.05) is 30.3 Å². The third-order valence-electron chi connectivity index (χ3n) is 3.77. The molecule has 4 nitrogen and oxygen atoms in total. The van der Waals surface area contributed by atoms with Gasteiger partial charge in [-0.3, -0.25) is 0 Å². The molecule has 0 aliphatic carbocycles. The molecule has 23 heavy (non-hydrogen) atoms. The van der Waals surface area contributed by atoms with E-state index < -0.39 is 0 Å². The quantitative estimate of drug-likeness (QED) is 0.471. The molecule has 0 N–H and O–H groups in total. The van der Waals surface area contributed by atoms with E-state index in [-0.39, 0.29) is 5.97 Å². The second-order valence-corrected chi connectivity index (χ2v) is 6.19. The predicted molar refractivity (Wildman–Crippen MR) is 98.1 cm³/mol. The molecule has 0 aliphatic rings. The molecule has 1 aromatic heterocycles. The molecule has 0 amide bonds. The first-order valence-electron chi connectivity index (χ1n) is 7.13. The summed E-state index contributed by atoms with van der Waals surface area (Å²) < 4.78 is 13.2. The number of carbonyl (C=O) groups is 1. The van der Waals surface area contributed by atoms with E-state index in [4.69, 9.17) is 9.47 Å². The van der Waals surface area contributed by atoms with Crippen LogP contribution in [0.15, 0.2) is 48.5 Å². The fourth-order valence-electron chi connectivity index (χ4n) is 2.65. The fraction of sp³-hybridized carbons (Fsp3) is 0.167. The number of methoxy groups -OCH3 is 2. The third kappa shape index (κ3) is 2.93. The number of rotatable bonds is 4. The second kappa shape index (κ2) is 6.62. The van der Waals surface area contributed by atoms with Gasteiger partial charge in [0.05, 0.1) is 23.3 Å². The molecule has 118 valence electrons. The maximum atomic E-state index is 12.3. The van der Waals surface area contributed by atoms with Crippen LogP contribution in [-0.4, -0.2) is 24.8 Å². The summed E-state index contributed by atoms with van der Waals surface area (Å²) in [5, 5.41) is 0.987. The number of hydrogen-bond donors (Lipinski definition) is 0. The Balaban J connectivity index is 2.22. The van der Waals surface area contributed by atoms with Crippen molar-refractivity contribution in [2.45, 2.75) is 6.54 Å². The van der Waals surface area contributed by atoms with Crippen LogP contribution in [0, 0.1) is 3.57 Å². The normalized spacial score (nSPS) is 10.7. The lowest BCUT2D eigenvalue weighted by Gasteiger charge is -2.10. The van der Waals surface area contributed by atoms with Gasteiger partial charge in [0.1, 0.15) is 11.4 Å². The Morgan fingerprint density at radius 3 is 2.52 bits per heavy atom. The average Bonchev–Trinajstić information content (AvgIpc) is 2.87. The highest BCUT2D eigenvalue weighted by Crippen LogP contribution is 2.31. The van der Waals surface area contributed by atoms with Crippen molar-refractivity contribution in [2.24, 2.45) is 0 Å². The Labute approximate surface area is 148 Å². The minimum Gasteiger partial charge on any atom is -0.497 e. The number of ether oxygens (including phenoxy) is 2. The average molecular weight is 421 g/mol. The van der Waals surface area contributed by atoms with Crippen molar-refractivity contribution >= 4 is 39.5 Å². The first-order valence-corrected chi connectivity index (χ1v) is 8.21. The zero-order chi connectivity index (χ0) is 16.4. The summed E-state index contributed by atoms with van der Waals surface area (Å²) >= 11 is 2.20. The summed E-state index contributed by atoms with van der Waals surface area (Å²) in [4.78, 5) is 12.3. The van der Waals surface area contributed by atoms with Gasteiger partial charge in [0.2, 0.25) is 0 Å². The van der Waals surface area contributed by atoms with Gasteiger partial charge in [-0.25, -0.2) is 4.79 Å². The van der Waals surface area contributed by atoms with Crippen LogP contribution in [0.1, 0.15) is 16.1 Å². The number of benzene rings is 2. The Morgan fingerprint density at radius 2 is 1.87 bits per heavy atom. The summed E-state index contributed by atoms with van der Waals surface area (Å²) in [6.45, 7) is 0.608. The number of hydrogen-bond acceptors (Lipinski definition) is 3. The van der Waals surface area contributed by atoms with Crippen LogP contribution >= 0.6 is 22.6 Å². The largest absolute Gasteiger partial charge is 0.497 e. The summed E-state index contributed by atoms with van der Waals surface area (Å²) in [5.74, 6) is 0.434. The molecule has 3 rings (SSSR count). The molecule has 0 bridgehead atoms. The topological polar surface area (TPSA) is 40.5 Å². The third-order valence-corrected chi connectivity index (χ3v) is 4.86. The molecule has 0 saturated carbocycles. The van der Waals surface area contributed by atoms with Crippen LogP contribution in [0.25, 0.3) is 10.9 Å². The van der Waals surface area contributed by atoms with E-state index in [0.29, 0.717) is 12.2 Å². The van der Waals surface area contributed by atoms with E-state index in [1.807, 2.05) is 53.1 Å². The maximum Gasteiger partial charge on any atom is 0.355 e. The van der Waals surface area contributed by atoms with Gasteiger partial charge < -0.3 is 14.0 Å². The maximum absolute atomic E-state index is 12.3. The summed E-state index contributed by atoms with van der Waals surface area (Å²) in [5.41, 5.74) is 2.68.